The zero-order chi connectivity index (χ0) is 22.4. The van der Waals surface area contributed by atoms with Crippen LogP contribution in [0.15, 0.2) is 58.8 Å². The van der Waals surface area contributed by atoms with Crippen molar-refractivity contribution in [3.63, 3.8) is 0 Å². The molecule has 0 aliphatic heterocycles. The number of ether oxygens (including phenoxy) is 1. The highest BCUT2D eigenvalue weighted by Crippen LogP contribution is 2.38. The number of hydrogen-bond donors (Lipinski definition) is 3. The summed E-state index contributed by atoms with van der Waals surface area (Å²) >= 11 is 0. The van der Waals surface area contributed by atoms with E-state index in [2.05, 4.69) is 15.5 Å². The minimum atomic E-state index is -0.727. The minimum Gasteiger partial charge on any atom is -0.493 e. The Morgan fingerprint density at radius 1 is 1.13 bits per heavy atom. The molecule has 3 amide bonds. The largest absolute Gasteiger partial charge is 0.493 e. The minimum absolute atomic E-state index is 0.0272. The summed E-state index contributed by atoms with van der Waals surface area (Å²) in [5.74, 6) is -1.63. The molecule has 0 bridgehead atoms. The molecule has 0 aliphatic carbocycles. The first-order valence-electron chi connectivity index (χ1n) is 9.35. The molecule has 1 heterocycles. The first-order valence-corrected chi connectivity index (χ1v) is 9.35. The lowest BCUT2D eigenvalue weighted by Crippen LogP contribution is -2.32. The summed E-state index contributed by atoms with van der Waals surface area (Å²) < 4.78 is 6.69. The third-order valence-corrected chi connectivity index (χ3v) is 4.38. The number of nitrogens with zero attached hydrogens (tertiary/aromatic N) is 3. The first-order chi connectivity index (χ1) is 14.9. The van der Waals surface area contributed by atoms with Crippen molar-refractivity contribution in [2.24, 2.45) is 16.0 Å². The fourth-order valence-electron chi connectivity index (χ4n) is 2.91. The van der Waals surface area contributed by atoms with Crippen LogP contribution in [0.2, 0.25) is 0 Å². The molecule has 4 N–H and O–H groups in total. The summed E-state index contributed by atoms with van der Waals surface area (Å²) in [6.45, 7) is 0.955. The molecule has 10 heteroatoms. The van der Waals surface area contributed by atoms with Gasteiger partial charge in [0.15, 0.2) is 12.3 Å². The summed E-state index contributed by atoms with van der Waals surface area (Å²) in [5.41, 5.74) is 6.65. The van der Waals surface area contributed by atoms with Crippen molar-refractivity contribution in [1.82, 2.24) is 9.88 Å². The van der Waals surface area contributed by atoms with E-state index in [1.54, 1.807) is 36.4 Å². The number of rotatable bonds is 8. The monoisotopic (exact) mass is 423 g/mol. The van der Waals surface area contributed by atoms with Gasteiger partial charge in [-0.1, -0.05) is 36.4 Å². The number of nitrogens with one attached hydrogen (secondary N) is 1. The number of aryl methyl sites for hydroxylation is 1. The maximum atomic E-state index is 12.0. The van der Waals surface area contributed by atoms with Crippen LogP contribution in [0, 0.1) is 6.92 Å². The van der Waals surface area contributed by atoms with Gasteiger partial charge in [-0.15, -0.1) is 10.2 Å². The van der Waals surface area contributed by atoms with Gasteiger partial charge in [-0.25, -0.2) is 0 Å². The van der Waals surface area contributed by atoms with E-state index in [-0.39, 0.29) is 31.3 Å². The molecule has 0 fully saturated rings. The Morgan fingerprint density at radius 3 is 2.58 bits per heavy atom. The summed E-state index contributed by atoms with van der Waals surface area (Å²) in [6, 6.07) is 14.0. The predicted octanol–water partition coefficient (Wildman–Crippen LogP) is 1.95. The highest BCUT2D eigenvalue weighted by atomic mass is 16.5. The van der Waals surface area contributed by atoms with Crippen LogP contribution in [-0.4, -0.2) is 40.5 Å². The number of carbonyl (C=O) groups is 3. The normalized spacial score (nSPS) is 11.0. The number of fused-ring (bicyclic) bond motifs is 1. The molecule has 31 heavy (non-hydrogen) atoms. The van der Waals surface area contributed by atoms with E-state index in [4.69, 9.17) is 10.5 Å². The van der Waals surface area contributed by atoms with E-state index in [9.17, 15) is 19.5 Å². The third-order valence-electron chi connectivity index (χ3n) is 4.38. The second kappa shape index (κ2) is 9.53. The number of carbonyl (C=O) groups excluding carboxylic acids is 3. The molecule has 0 atom stereocenters. The number of benzene rings is 2. The standard InChI is InChI=1S/C21H21N5O5/c1-13-6-2-5-9-16(13)31-12-19(29)23-10-18(28)24-25-20-14-7-3-4-8-15(14)26(21(20)30)11-17(22)27/h2-9,30H,10-12H2,1H3,(H2,22,27)(H,23,29). The summed E-state index contributed by atoms with van der Waals surface area (Å²) in [7, 11) is 0. The van der Waals surface area contributed by atoms with E-state index in [1.807, 2.05) is 19.1 Å². The number of aromatic hydroxyl groups is 1. The fraction of sp³-hybridized carbons (Fsp3) is 0.190. The van der Waals surface area contributed by atoms with Crippen molar-refractivity contribution in [3.8, 4) is 11.6 Å². The van der Waals surface area contributed by atoms with Gasteiger partial charge >= 0.3 is 0 Å². The Balaban J connectivity index is 1.62. The van der Waals surface area contributed by atoms with Gasteiger partial charge in [-0.2, -0.15) is 0 Å². The zero-order valence-corrected chi connectivity index (χ0v) is 16.7. The average molecular weight is 423 g/mol. The van der Waals surface area contributed by atoms with Crippen LogP contribution in [0.3, 0.4) is 0 Å². The van der Waals surface area contributed by atoms with Crippen molar-refractivity contribution in [1.29, 1.82) is 0 Å². The quantitative estimate of drug-likeness (QED) is 0.474. The molecular formula is C21H21N5O5. The van der Waals surface area contributed by atoms with Gasteiger partial charge in [0, 0.05) is 5.39 Å². The Kier molecular flexibility index (Phi) is 6.61. The second-order valence-electron chi connectivity index (χ2n) is 6.67. The molecule has 0 unspecified atom stereocenters. The van der Waals surface area contributed by atoms with Crippen molar-refractivity contribution in [2.75, 3.05) is 13.2 Å². The first kappa shape index (κ1) is 21.5. The molecule has 0 saturated heterocycles. The molecule has 0 saturated carbocycles. The molecule has 1 aromatic heterocycles. The van der Waals surface area contributed by atoms with E-state index < -0.39 is 17.7 Å². The van der Waals surface area contributed by atoms with Crippen LogP contribution >= 0.6 is 0 Å². The SMILES string of the molecule is Cc1ccccc1OCC(=O)NCC(=O)N=Nc1c(O)n(CC(N)=O)c2ccccc12. The van der Waals surface area contributed by atoms with Crippen LogP contribution in [0.25, 0.3) is 10.9 Å². The topological polar surface area (TPSA) is 148 Å². The number of hydrogen-bond acceptors (Lipinski definition) is 6. The Morgan fingerprint density at radius 2 is 1.84 bits per heavy atom. The van der Waals surface area contributed by atoms with E-state index >= 15 is 0 Å². The molecule has 2 aromatic carbocycles. The van der Waals surface area contributed by atoms with Crippen LogP contribution in [0.1, 0.15) is 5.56 Å². The van der Waals surface area contributed by atoms with Gasteiger partial charge in [0.1, 0.15) is 18.8 Å². The van der Waals surface area contributed by atoms with Crippen LogP contribution < -0.4 is 15.8 Å². The molecule has 3 aromatic rings. The summed E-state index contributed by atoms with van der Waals surface area (Å²) in [5, 5.41) is 20.6. The van der Waals surface area contributed by atoms with Crippen LogP contribution in [-0.2, 0) is 20.9 Å². The number of amides is 3. The van der Waals surface area contributed by atoms with Crippen molar-refractivity contribution in [2.45, 2.75) is 13.5 Å². The van der Waals surface area contributed by atoms with E-state index in [1.165, 1.54) is 4.57 Å². The lowest BCUT2D eigenvalue weighted by molar-refractivity contribution is -0.126. The summed E-state index contributed by atoms with van der Waals surface area (Å²) in [6.07, 6.45) is 0. The number of azo groups is 1. The highest BCUT2D eigenvalue weighted by molar-refractivity contribution is 5.96. The predicted molar refractivity (Wildman–Crippen MR) is 112 cm³/mol. The molecule has 0 spiro atoms. The van der Waals surface area contributed by atoms with Crippen molar-refractivity contribution >= 4 is 34.3 Å². The number of nitrogens with two attached hydrogens (primary N) is 1. The van der Waals surface area contributed by atoms with Crippen LogP contribution in [0.5, 0.6) is 11.6 Å². The number of primary amides is 1. The lowest BCUT2D eigenvalue weighted by Gasteiger charge is -2.08. The van der Waals surface area contributed by atoms with Crippen LogP contribution in [0.4, 0.5) is 5.69 Å². The summed E-state index contributed by atoms with van der Waals surface area (Å²) in [4.78, 5) is 35.2. The van der Waals surface area contributed by atoms with Gasteiger partial charge in [0.2, 0.25) is 11.8 Å². The average Bonchev–Trinajstić information content (AvgIpc) is 3.01. The Labute approximate surface area is 177 Å². The van der Waals surface area contributed by atoms with E-state index in [0.717, 1.165) is 5.56 Å². The maximum absolute atomic E-state index is 12.0. The van der Waals surface area contributed by atoms with Gasteiger partial charge in [-0.3, -0.25) is 14.4 Å². The van der Waals surface area contributed by atoms with Gasteiger partial charge in [0.25, 0.3) is 11.8 Å². The molecule has 0 aliphatic rings. The van der Waals surface area contributed by atoms with E-state index in [0.29, 0.717) is 16.7 Å². The maximum Gasteiger partial charge on any atom is 0.283 e. The molecule has 0 radical (unpaired) electrons. The number of aromatic nitrogens is 1. The van der Waals surface area contributed by atoms with Crippen molar-refractivity contribution in [3.05, 3.63) is 54.1 Å². The smallest absolute Gasteiger partial charge is 0.283 e. The zero-order valence-electron chi connectivity index (χ0n) is 16.7. The van der Waals surface area contributed by atoms with Gasteiger partial charge in [-0.05, 0) is 24.6 Å². The molecule has 160 valence electrons. The Hall–Kier alpha value is -4.21. The fourth-order valence-corrected chi connectivity index (χ4v) is 2.91. The lowest BCUT2D eigenvalue weighted by atomic mass is 10.2. The molecular weight excluding hydrogens is 402 g/mol. The third kappa shape index (κ3) is 5.24. The Bertz CT molecular complexity index is 1170. The highest BCUT2D eigenvalue weighted by Gasteiger charge is 2.18. The number of para-hydroxylation sites is 2. The van der Waals surface area contributed by atoms with Gasteiger partial charge < -0.3 is 25.5 Å². The molecule has 3 rings (SSSR count). The second-order valence-corrected chi connectivity index (χ2v) is 6.67. The molecule has 10 nitrogen and oxygen atoms in total. The van der Waals surface area contributed by atoms with Gasteiger partial charge in [0.05, 0.1) is 5.52 Å². The van der Waals surface area contributed by atoms with Crippen molar-refractivity contribution < 1.29 is 24.2 Å².